The fraction of sp³-hybridized carbons (Fsp3) is 0.730. The van der Waals surface area contributed by atoms with Crippen LogP contribution in [0.3, 0.4) is 0 Å². The minimum atomic E-state index is -0.675. The summed E-state index contributed by atoms with van der Waals surface area (Å²) in [6, 6.07) is 0. The van der Waals surface area contributed by atoms with Gasteiger partial charge in [-0.25, -0.2) is 20.9 Å². The summed E-state index contributed by atoms with van der Waals surface area (Å²) in [5.41, 5.74) is 6.06. The first-order valence-corrected chi connectivity index (χ1v) is 19.8. The highest BCUT2D eigenvalue weighted by Gasteiger charge is 2.25. The van der Waals surface area contributed by atoms with Crippen LogP contribution in [-0.2, 0) is 0 Å². The van der Waals surface area contributed by atoms with E-state index in [1.807, 2.05) is 91.0 Å². The minimum Gasteiger partial charge on any atom is -0.392 e. The van der Waals surface area contributed by atoms with Gasteiger partial charge in [-0.2, -0.15) is 0 Å². The number of amides is 2. The number of hydrogen-bond acceptors (Lipinski definition) is 12. The molecule has 0 aromatic rings. The summed E-state index contributed by atoms with van der Waals surface area (Å²) < 4.78 is 0. The second-order valence-corrected chi connectivity index (χ2v) is 15.7. The van der Waals surface area contributed by atoms with Gasteiger partial charge in [-0.05, 0) is 100 Å². The molecule has 290 valence electrons. The number of aliphatic hydroxyl groups excluding tert-OH is 4. The molecular weight excluding hydrogens is 675 g/mol. The minimum absolute atomic E-state index is 0.00264. The normalized spacial score (nSPS) is 17.3. The highest BCUT2D eigenvalue weighted by molar-refractivity contribution is 8.15. The van der Waals surface area contributed by atoms with E-state index in [-0.39, 0.29) is 61.1 Å². The second-order valence-electron chi connectivity index (χ2n) is 13.8. The Morgan fingerprint density at radius 1 is 0.700 bits per heavy atom. The monoisotopic (exact) mass is 743 g/mol. The summed E-state index contributed by atoms with van der Waals surface area (Å²) in [5, 5.41) is 47.9. The fourth-order valence-corrected chi connectivity index (χ4v) is 6.53. The third-order valence-electron chi connectivity index (χ3n) is 8.21. The molecule has 0 radical (unpaired) electrons. The van der Waals surface area contributed by atoms with Crippen molar-refractivity contribution >= 4 is 34.0 Å². The van der Waals surface area contributed by atoms with Crippen LogP contribution in [0.2, 0.25) is 0 Å². The Morgan fingerprint density at radius 2 is 1.16 bits per heavy atom. The van der Waals surface area contributed by atoms with Gasteiger partial charge in [0.1, 0.15) is 0 Å². The van der Waals surface area contributed by atoms with Crippen molar-refractivity contribution < 1.29 is 30.0 Å². The van der Waals surface area contributed by atoms with Gasteiger partial charge in [-0.15, -0.1) is 0 Å². The molecule has 7 atom stereocenters. The van der Waals surface area contributed by atoms with Gasteiger partial charge in [0, 0.05) is 26.2 Å². The Hall–Kier alpha value is -1.52. The van der Waals surface area contributed by atoms with Crippen molar-refractivity contribution in [1.82, 2.24) is 26.2 Å². The van der Waals surface area contributed by atoms with Crippen LogP contribution >= 0.6 is 23.5 Å². The standard InChI is InChI=1S/C37H69N5O6S2/c1-10-14-17-29(6)33(45)24-41(22-31(43)20-28(5)16-12-3)38-26-49-35(47)40-36(48)50-27-39-42(25-34(46)30(7)18-15-11-2)23-32(44)21-37(8,9)19-13-4/h10-16,19,28-34,38-39,43-46H,17-18,20-27H2,1-9H3,(H,40,47,48)/b14-10-,15-11-,16-12-,19-13-. The average Bonchev–Trinajstić information content (AvgIpc) is 3.01. The Kier molecular flexibility index (Phi) is 27.2. The highest BCUT2D eigenvalue weighted by atomic mass is 32.2. The van der Waals surface area contributed by atoms with Crippen LogP contribution in [0.4, 0.5) is 9.59 Å². The second kappa shape index (κ2) is 28.0. The Morgan fingerprint density at radius 3 is 1.58 bits per heavy atom. The molecule has 0 saturated heterocycles. The van der Waals surface area contributed by atoms with Gasteiger partial charge < -0.3 is 20.4 Å². The summed E-state index contributed by atoms with van der Waals surface area (Å²) >= 11 is 1.75. The van der Waals surface area contributed by atoms with E-state index in [9.17, 15) is 30.0 Å². The number of allylic oxidation sites excluding steroid dienone is 8. The molecule has 0 aromatic heterocycles. The maximum Gasteiger partial charge on any atom is 0.287 e. The van der Waals surface area contributed by atoms with Crippen LogP contribution in [0.1, 0.15) is 88.0 Å². The summed E-state index contributed by atoms with van der Waals surface area (Å²) in [6.07, 6.45) is 15.8. The molecule has 0 aliphatic carbocycles. The predicted molar refractivity (Wildman–Crippen MR) is 211 cm³/mol. The summed E-state index contributed by atoms with van der Waals surface area (Å²) in [4.78, 5) is 25.2. The first-order chi connectivity index (χ1) is 23.6. The van der Waals surface area contributed by atoms with E-state index in [0.717, 1.165) is 36.4 Å². The number of nitrogens with one attached hydrogen (secondary N) is 3. The van der Waals surface area contributed by atoms with Crippen LogP contribution in [0.5, 0.6) is 0 Å². The van der Waals surface area contributed by atoms with E-state index in [2.05, 4.69) is 36.1 Å². The summed E-state index contributed by atoms with van der Waals surface area (Å²) in [7, 11) is 0. The fourth-order valence-electron chi connectivity index (χ4n) is 5.38. The molecule has 0 rings (SSSR count). The van der Waals surface area contributed by atoms with Crippen molar-refractivity contribution in [2.75, 3.05) is 37.9 Å². The molecule has 7 N–H and O–H groups in total. The molecule has 13 heteroatoms. The lowest BCUT2D eigenvalue weighted by Crippen LogP contribution is -2.48. The van der Waals surface area contributed by atoms with Gasteiger partial charge in [0.2, 0.25) is 0 Å². The van der Waals surface area contributed by atoms with E-state index in [1.54, 1.807) is 10.0 Å². The molecule has 50 heavy (non-hydrogen) atoms. The first kappa shape index (κ1) is 48.5. The number of imide groups is 1. The molecule has 0 aliphatic heterocycles. The molecule has 2 amide bonds. The number of carbonyl (C=O) groups excluding carboxylic acids is 2. The summed E-state index contributed by atoms with van der Waals surface area (Å²) in [5.74, 6) is 0.454. The van der Waals surface area contributed by atoms with Crippen LogP contribution in [-0.4, -0.2) is 103 Å². The molecular formula is C37H69N5O6S2. The lowest BCUT2D eigenvalue weighted by atomic mass is 9.86. The molecule has 0 spiro atoms. The van der Waals surface area contributed by atoms with Gasteiger partial charge in [0.15, 0.2) is 0 Å². The van der Waals surface area contributed by atoms with E-state index in [4.69, 9.17) is 0 Å². The van der Waals surface area contributed by atoms with Gasteiger partial charge >= 0.3 is 0 Å². The zero-order valence-electron chi connectivity index (χ0n) is 32.0. The highest BCUT2D eigenvalue weighted by Crippen LogP contribution is 2.24. The maximum atomic E-state index is 12.6. The van der Waals surface area contributed by atoms with E-state index in [1.165, 1.54) is 0 Å². The quantitative estimate of drug-likeness (QED) is 0.0313. The van der Waals surface area contributed by atoms with Crippen molar-refractivity contribution in [2.45, 2.75) is 112 Å². The molecule has 11 nitrogen and oxygen atoms in total. The Labute approximate surface area is 311 Å². The lowest BCUT2D eigenvalue weighted by molar-refractivity contribution is 0.0160. The number of carbonyl (C=O) groups is 2. The van der Waals surface area contributed by atoms with Crippen molar-refractivity contribution in [2.24, 2.45) is 23.2 Å². The number of hydrogen-bond donors (Lipinski definition) is 7. The molecule has 0 aromatic carbocycles. The Bertz CT molecular complexity index is 1040. The van der Waals surface area contributed by atoms with E-state index >= 15 is 0 Å². The molecule has 0 heterocycles. The molecule has 0 aliphatic rings. The molecule has 7 unspecified atom stereocenters. The van der Waals surface area contributed by atoms with Gasteiger partial charge in [0.05, 0.1) is 36.2 Å². The first-order valence-electron chi connectivity index (χ1n) is 17.9. The summed E-state index contributed by atoms with van der Waals surface area (Å²) in [6.45, 7) is 18.9. The zero-order valence-corrected chi connectivity index (χ0v) is 33.7. The lowest BCUT2D eigenvalue weighted by Gasteiger charge is -2.31. The van der Waals surface area contributed by atoms with E-state index in [0.29, 0.717) is 12.8 Å². The maximum absolute atomic E-state index is 12.6. The van der Waals surface area contributed by atoms with Crippen molar-refractivity contribution in [3.05, 3.63) is 48.6 Å². The zero-order chi connectivity index (χ0) is 38.1. The molecule has 0 bridgehead atoms. The molecule has 0 fully saturated rings. The average molecular weight is 744 g/mol. The van der Waals surface area contributed by atoms with Crippen LogP contribution in [0.25, 0.3) is 0 Å². The van der Waals surface area contributed by atoms with Gasteiger partial charge in [-0.3, -0.25) is 14.9 Å². The number of rotatable bonds is 26. The van der Waals surface area contributed by atoms with Crippen LogP contribution < -0.4 is 16.2 Å². The number of thioether (sulfide) groups is 2. The number of hydrazine groups is 2. The smallest absolute Gasteiger partial charge is 0.287 e. The van der Waals surface area contributed by atoms with Crippen molar-refractivity contribution in [3.63, 3.8) is 0 Å². The number of aliphatic hydroxyl groups is 4. The van der Waals surface area contributed by atoms with E-state index < -0.39 is 34.9 Å². The third-order valence-corrected chi connectivity index (χ3v) is 9.48. The van der Waals surface area contributed by atoms with Crippen LogP contribution in [0.15, 0.2) is 48.6 Å². The van der Waals surface area contributed by atoms with Gasteiger partial charge in [0.25, 0.3) is 10.5 Å². The largest absolute Gasteiger partial charge is 0.392 e. The van der Waals surface area contributed by atoms with Crippen molar-refractivity contribution in [1.29, 1.82) is 0 Å². The third kappa shape index (κ3) is 24.6. The van der Waals surface area contributed by atoms with Gasteiger partial charge in [-0.1, -0.05) is 83.2 Å². The number of nitrogens with zero attached hydrogens (tertiary/aromatic N) is 2. The van der Waals surface area contributed by atoms with Crippen molar-refractivity contribution in [3.8, 4) is 0 Å². The molecule has 0 saturated carbocycles. The predicted octanol–water partition coefficient (Wildman–Crippen LogP) is 6.05. The topological polar surface area (TPSA) is 158 Å². The Balaban J connectivity index is 5.14. The van der Waals surface area contributed by atoms with Crippen LogP contribution in [0, 0.1) is 23.2 Å². The SMILES string of the molecule is C/C=C\CC(C)C(O)CN(CC(O)CC(C)/C=C\C)NCSC(=O)NC(=O)SCNN(CC(O)CC(C)(C)/C=C\C)CC(O)C(C)C/C=C\C.